The van der Waals surface area contributed by atoms with E-state index >= 15 is 0 Å². The number of methoxy groups -OCH3 is 1. The summed E-state index contributed by atoms with van der Waals surface area (Å²) in [7, 11) is 1.19. The molecule has 0 aromatic carbocycles. The number of alkyl carbamates (subject to hydrolysis) is 1. The number of nitrogens with one attached hydrogen (secondary N) is 1. The molecule has 0 fully saturated rings. The normalized spacial score (nSPS) is 25.6. The zero-order valence-corrected chi connectivity index (χ0v) is 9.14. The van der Waals surface area contributed by atoms with E-state index in [9.17, 15) is 14.0 Å². The zero-order chi connectivity index (χ0) is 12.1. The van der Waals surface area contributed by atoms with Crippen molar-refractivity contribution in [3.05, 3.63) is 24.1 Å². The fourth-order valence-electron chi connectivity index (χ4n) is 1.71. The summed E-state index contributed by atoms with van der Waals surface area (Å²) in [5, 5.41) is 2.30. The van der Waals surface area contributed by atoms with E-state index in [2.05, 4.69) is 10.1 Å². The molecule has 0 aromatic rings. The summed E-state index contributed by atoms with van der Waals surface area (Å²) in [4.78, 5) is 21.8. The van der Waals surface area contributed by atoms with Gasteiger partial charge in [0.05, 0.1) is 13.2 Å². The van der Waals surface area contributed by atoms with Gasteiger partial charge in [0.15, 0.2) is 0 Å². The van der Waals surface area contributed by atoms with E-state index in [4.69, 9.17) is 0 Å². The van der Waals surface area contributed by atoms with E-state index < -0.39 is 23.9 Å². The lowest BCUT2D eigenvalue weighted by Crippen LogP contribution is -2.44. The Morgan fingerprint density at radius 3 is 2.88 bits per heavy atom. The molecule has 0 aliphatic heterocycles. The van der Waals surface area contributed by atoms with Crippen LogP contribution in [0.3, 0.4) is 0 Å². The standard InChI is InChI=1S/C11H14FNO3/c1-7-4-3-5-8(12)10(7)9(6-14)13-11(15)16-2/h3-7,9-10H,1-2H3,(H,13,15)/t7?,9-,10?/m0/s1. The van der Waals surface area contributed by atoms with Gasteiger partial charge in [0, 0.05) is 5.92 Å². The minimum Gasteiger partial charge on any atom is -0.453 e. The maximum atomic E-state index is 13.5. The third-order valence-corrected chi connectivity index (χ3v) is 2.56. The van der Waals surface area contributed by atoms with Crippen LogP contribution in [0, 0.1) is 11.8 Å². The van der Waals surface area contributed by atoms with Crippen LogP contribution in [-0.4, -0.2) is 25.5 Å². The predicted octanol–water partition coefficient (Wildman–Crippen LogP) is 1.59. The van der Waals surface area contributed by atoms with Crippen LogP contribution in [-0.2, 0) is 9.53 Å². The van der Waals surface area contributed by atoms with Gasteiger partial charge < -0.3 is 14.8 Å². The van der Waals surface area contributed by atoms with E-state index in [0.717, 1.165) is 0 Å². The first-order valence-corrected chi connectivity index (χ1v) is 4.93. The Morgan fingerprint density at radius 2 is 2.38 bits per heavy atom. The summed E-state index contributed by atoms with van der Waals surface area (Å²) in [6.45, 7) is 1.78. The molecule has 0 aromatic heterocycles. The van der Waals surface area contributed by atoms with Gasteiger partial charge in [-0.15, -0.1) is 0 Å². The SMILES string of the molecule is COC(=O)N[C@@H](C=O)C1C(F)=CC=CC1C. The number of hydrogen-bond acceptors (Lipinski definition) is 3. The van der Waals surface area contributed by atoms with Crippen LogP contribution in [0.1, 0.15) is 6.92 Å². The molecule has 0 heterocycles. The van der Waals surface area contributed by atoms with Crippen LogP contribution in [0.25, 0.3) is 0 Å². The molecule has 4 nitrogen and oxygen atoms in total. The van der Waals surface area contributed by atoms with Crippen molar-refractivity contribution in [2.45, 2.75) is 13.0 Å². The number of carbonyl (C=O) groups excluding carboxylic acids is 2. The molecule has 0 spiro atoms. The summed E-state index contributed by atoms with van der Waals surface area (Å²) in [6.07, 6.45) is 4.44. The van der Waals surface area contributed by atoms with Crippen LogP contribution < -0.4 is 5.32 Å². The topological polar surface area (TPSA) is 55.4 Å². The average molecular weight is 227 g/mol. The molecule has 0 bridgehead atoms. The lowest BCUT2D eigenvalue weighted by molar-refractivity contribution is -0.110. The lowest BCUT2D eigenvalue weighted by Gasteiger charge is -2.27. The van der Waals surface area contributed by atoms with E-state index in [-0.39, 0.29) is 5.92 Å². The summed E-state index contributed by atoms with van der Waals surface area (Å²) in [5.41, 5.74) is 0. The molecule has 5 heteroatoms. The zero-order valence-electron chi connectivity index (χ0n) is 9.14. The first-order valence-electron chi connectivity index (χ1n) is 4.93. The molecule has 88 valence electrons. The molecule has 1 aliphatic rings. The van der Waals surface area contributed by atoms with Crippen molar-refractivity contribution in [3.8, 4) is 0 Å². The summed E-state index contributed by atoms with van der Waals surface area (Å²) >= 11 is 0. The van der Waals surface area contributed by atoms with Gasteiger partial charge in [-0.3, -0.25) is 0 Å². The second kappa shape index (κ2) is 5.44. The fraction of sp³-hybridized carbons (Fsp3) is 0.455. The number of ether oxygens (including phenoxy) is 1. The number of hydrogen-bond donors (Lipinski definition) is 1. The third kappa shape index (κ3) is 2.68. The summed E-state index contributed by atoms with van der Waals surface area (Å²) in [5.74, 6) is -1.23. The van der Waals surface area contributed by atoms with Gasteiger partial charge in [0.1, 0.15) is 12.1 Å². The molecule has 0 saturated heterocycles. The number of carbonyl (C=O) groups is 2. The number of amides is 1. The molecule has 0 radical (unpaired) electrons. The number of aldehydes is 1. The van der Waals surface area contributed by atoms with Crippen LogP contribution in [0.2, 0.25) is 0 Å². The van der Waals surface area contributed by atoms with E-state index in [0.29, 0.717) is 6.29 Å². The monoisotopic (exact) mass is 227 g/mol. The molecule has 2 unspecified atom stereocenters. The van der Waals surface area contributed by atoms with Gasteiger partial charge in [-0.1, -0.05) is 19.1 Å². The molecule has 1 aliphatic carbocycles. The first-order chi connectivity index (χ1) is 7.60. The fourth-order valence-corrected chi connectivity index (χ4v) is 1.71. The van der Waals surface area contributed by atoms with Gasteiger partial charge in [0.25, 0.3) is 0 Å². The smallest absolute Gasteiger partial charge is 0.407 e. The Kier molecular flexibility index (Phi) is 4.22. The quantitative estimate of drug-likeness (QED) is 0.745. The Morgan fingerprint density at radius 1 is 1.69 bits per heavy atom. The Balaban J connectivity index is 2.79. The van der Waals surface area contributed by atoms with Crippen LogP contribution in [0.5, 0.6) is 0 Å². The number of halogens is 1. The van der Waals surface area contributed by atoms with Crippen LogP contribution >= 0.6 is 0 Å². The largest absolute Gasteiger partial charge is 0.453 e. The van der Waals surface area contributed by atoms with Crippen LogP contribution in [0.4, 0.5) is 9.18 Å². The maximum Gasteiger partial charge on any atom is 0.407 e. The van der Waals surface area contributed by atoms with Crippen molar-refractivity contribution in [1.82, 2.24) is 5.32 Å². The Bertz CT molecular complexity index is 338. The molecule has 3 atom stereocenters. The highest BCUT2D eigenvalue weighted by atomic mass is 19.1. The van der Waals surface area contributed by atoms with Crippen molar-refractivity contribution in [2.75, 3.05) is 7.11 Å². The van der Waals surface area contributed by atoms with Crippen molar-refractivity contribution >= 4 is 12.4 Å². The molecule has 16 heavy (non-hydrogen) atoms. The number of allylic oxidation sites excluding steroid dienone is 3. The molecule has 1 amide bonds. The molecule has 1 rings (SSSR count). The van der Waals surface area contributed by atoms with Crippen molar-refractivity contribution in [2.24, 2.45) is 11.8 Å². The minimum absolute atomic E-state index is 0.155. The van der Waals surface area contributed by atoms with Crippen molar-refractivity contribution in [1.29, 1.82) is 0 Å². The van der Waals surface area contributed by atoms with Gasteiger partial charge in [-0.25, -0.2) is 9.18 Å². The highest BCUT2D eigenvalue weighted by molar-refractivity contribution is 5.73. The van der Waals surface area contributed by atoms with Crippen molar-refractivity contribution in [3.63, 3.8) is 0 Å². The van der Waals surface area contributed by atoms with E-state index in [1.54, 1.807) is 19.1 Å². The molecular weight excluding hydrogens is 213 g/mol. The second-order valence-corrected chi connectivity index (χ2v) is 3.62. The highest BCUT2D eigenvalue weighted by Gasteiger charge is 2.32. The van der Waals surface area contributed by atoms with Gasteiger partial charge in [-0.05, 0) is 12.0 Å². The predicted molar refractivity (Wildman–Crippen MR) is 56.4 cm³/mol. The maximum absolute atomic E-state index is 13.5. The summed E-state index contributed by atoms with van der Waals surface area (Å²) in [6, 6.07) is -0.913. The van der Waals surface area contributed by atoms with E-state index in [1.165, 1.54) is 13.2 Å². The van der Waals surface area contributed by atoms with Crippen LogP contribution in [0.15, 0.2) is 24.1 Å². The van der Waals surface area contributed by atoms with E-state index in [1.807, 2.05) is 0 Å². The Hall–Kier alpha value is -1.65. The Labute approximate surface area is 93.2 Å². The first kappa shape index (κ1) is 12.4. The van der Waals surface area contributed by atoms with Gasteiger partial charge >= 0.3 is 6.09 Å². The molecule has 0 saturated carbocycles. The summed E-state index contributed by atoms with van der Waals surface area (Å²) < 4.78 is 17.9. The van der Waals surface area contributed by atoms with Crippen molar-refractivity contribution < 1.29 is 18.7 Å². The van der Waals surface area contributed by atoms with Gasteiger partial charge in [0.2, 0.25) is 0 Å². The highest BCUT2D eigenvalue weighted by Crippen LogP contribution is 2.29. The third-order valence-electron chi connectivity index (χ3n) is 2.56. The molecular formula is C11H14FNO3. The number of rotatable bonds is 3. The molecule has 1 N–H and O–H groups in total. The lowest BCUT2D eigenvalue weighted by atomic mass is 9.83. The average Bonchev–Trinajstić information content (AvgIpc) is 2.27. The second-order valence-electron chi connectivity index (χ2n) is 3.62. The van der Waals surface area contributed by atoms with Gasteiger partial charge in [-0.2, -0.15) is 0 Å². The minimum atomic E-state index is -0.913.